The SMILES string of the molecule is CCC(CC)NCc1ccc2c(c1)CC[C@H](NC(=O)c1ccc(OC[C@@H]3CCCO3)cc1)C2. The van der Waals surface area contributed by atoms with Crippen LogP contribution in [0.4, 0.5) is 0 Å². The fraction of sp³-hybridized carbons (Fsp3) is 0.536. The van der Waals surface area contributed by atoms with E-state index in [4.69, 9.17) is 9.47 Å². The molecule has 1 aliphatic carbocycles. The van der Waals surface area contributed by atoms with Crippen molar-refractivity contribution in [1.29, 1.82) is 0 Å². The van der Waals surface area contributed by atoms with Crippen LogP contribution in [-0.4, -0.2) is 37.3 Å². The van der Waals surface area contributed by atoms with Crippen molar-refractivity contribution in [3.05, 3.63) is 64.7 Å². The predicted octanol–water partition coefficient (Wildman–Crippen LogP) is 4.81. The van der Waals surface area contributed by atoms with Gasteiger partial charge in [-0.2, -0.15) is 0 Å². The van der Waals surface area contributed by atoms with Gasteiger partial charge in [0.2, 0.25) is 0 Å². The van der Waals surface area contributed by atoms with E-state index in [1.165, 1.54) is 16.7 Å². The number of hydrogen-bond donors (Lipinski definition) is 2. The first-order valence-electron chi connectivity index (χ1n) is 12.6. The Morgan fingerprint density at radius 1 is 1.09 bits per heavy atom. The van der Waals surface area contributed by atoms with Gasteiger partial charge in [-0.1, -0.05) is 32.0 Å². The lowest BCUT2D eigenvalue weighted by Gasteiger charge is -2.26. The van der Waals surface area contributed by atoms with Crippen molar-refractivity contribution in [3.8, 4) is 5.75 Å². The minimum atomic E-state index is -0.0138. The normalized spacial score (nSPS) is 20.0. The Labute approximate surface area is 198 Å². The van der Waals surface area contributed by atoms with Gasteiger partial charge in [0, 0.05) is 30.8 Å². The Hall–Kier alpha value is -2.37. The number of benzene rings is 2. The summed E-state index contributed by atoms with van der Waals surface area (Å²) in [6.45, 7) is 6.79. The van der Waals surface area contributed by atoms with Gasteiger partial charge >= 0.3 is 0 Å². The van der Waals surface area contributed by atoms with Gasteiger partial charge in [-0.15, -0.1) is 0 Å². The van der Waals surface area contributed by atoms with Crippen LogP contribution in [0.5, 0.6) is 5.75 Å². The maximum atomic E-state index is 12.8. The molecule has 1 saturated heterocycles. The molecular formula is C28H38N2O3. The van der Waals surface area contributed by atoms with Crippen LogP contribution in [0.3, 0.4) is 0 Å². The number of carbonyl (C=O) groups is 1. The van der Waals surface area contributed by atoms with Crippen LogP contribution in [0.25, 0.3) is 0 Å². The molecular weight excluding hydrogens is 412 g/mol. The number of ether oxygens (including phenoxy) is 2. The van der Waals surface area contributed by atoms with Gasteiger partial charge in [-0.05, 0) is 85.9 Å². The molecule has 0 saturated carbocycles. The molecule has 5 heteroatoms. The molecule has 2 aromatic rings. The van der Waals surface area contributed by atoms with E-state index >= 15 is 0 Å². The summed E-state index contributed by atoms with van der Waals surface area (Å²) < 4.78 is 11.4. The van der Waals surface area contributed by atoms with Crippen molar-refractivity contribution >= 4 is 5.91 Å². The van der Waals surface area contributed by atoms with Crippen LogP contribution in [-0.2, 0) is 24.1 Å². The minimum absolute atomic E-state index is 0.0138. The molecule has 0 spiro atoms. The van der Waals surface area contributed by atoms with Crippen molar-refractivity contribution in [1.82, 2.24) is 10.6 Å². The molecule has 178 valence electrons. The van der Waals surface area contributed by atoms with E-state index in [0.717, 1.165) is 63.8 Å². The monoisotopic (exact) mass is 450 g/mol. The highest BCUT2D eigenvalue weighted by molar-refractivity contribution is 5.94. The van der Waals surface area contributed by atoms with E-state index in [1.807, 2.05) is 24.3 Å². The Bertz CT molecular complexity index is 902. The Morgan fingerprint density at radius 3 is 2.64 bits per heavy atom. The fourth-order valence-electron chi connectivity index (χ4n) is 4.82. The molecule has 1 fully saturated rings. The number of fused-ring (bicyclic) bond motifs is 1. The van der Waals surface area contributed by atoms with E-state index in [0.29, 0.717) is 18.2 Å². The van der Waals surface area contributed by atoms with Gasteiger partial charge in [0.1, 0.15) is 12.4 Å². The number of rotatable bonds is 10. The molecule has 1 amide bonds. The number of nitrogens with one attached hydrogen (secondary N) is 2. The fourth-order valence-corrected chi connectivity index (χ4v) is 4.82. The van der Waals surface area contributed by atoms with Gasteiger partial charge in [0.15, 0.2) is 0 Å². The lowest BCUT2D eigenvalue weighted by Crippen LogP contribution is -2.38. The average Bonchev–Trinajstić information content (AvgIpc) is 3.37. The molecule has 2 atom stereocenters. The van der Waals surface area contributed by atoms with Crippen LogP contribution in [0, 0.1) is 0 Å². The van der Waals surface area contributed by atoms with E-state index in [-0.39, 0.29) is 18.1 Å². The number of amides is 1. The molecule has 0 aromatic heterocycles. The smallest absolute Gasteiger partial charge is 0.251 e. The first kappa shape index (κ1) is 23.8. The van der Waals surface area contributed by atoms with Crippen molar-refractivity contribution in [3.63, 3.8) is 0 Å². The van der Waals surface area contributed by atoms with Crippen molar-refractivity contribution in [2.24, 2.45) is 0 Å². The van der Waals surface area contributed by atoms with E-state index in [1.54, 1.807) is 0 Å². The molecule has 0 bridgehead atoms. The average molecular weight is 451 g/mol. The third-order valence-electron chi connectivity index (χ3n) is 6.99. The first-order valence-corrected chi connectivity index (χ1v) is 12.6. The zero-order valence-corrected chi connectivity index (χ0v) is 20.1. The highest BCUT2D eigenvalue weighted by atomic mass is 16.5. The summed E-state index contributed by atoms with van der Waals surface area (Å²) in [6.07, 6.45) is 7.56. The maximum absolute atomic E-state index is 12.8. The molecule has 4 rings (SSSR count). The lowest BCUT2D eigenvalue weighted by atomic mass is 9.87. The number of carbonyl (C=O) groups excluding carboxylic acids is 1. The molecule has 0 unspecified atom stereocenters. The lowest BCUT2D eigenvalue weighted by molar-refractivity contribution is 0.0679. The molecule has 1 heterocycles. The molecule has 5 nitrogen and oxygen atoms in total. The summed E-state index contributed by atoms with van der Waals surface area (Å²) >= 11 is 0. The third-order valence-corrected chi connectivity index (χ3v) is 6.99. The quantitative estimate of drug-likeness (QED) is 0.545. The second-order valence-corrected chi connectivity index (χ2v) is 9.38. The number of hydrogen-bond acceptors (Lipinski definition) is 4. The summed E-state index contributed by atoms with van der Waals surface area (Å²) in [5.41, 5.74) is 4.81. The van der Waals surface area contributed by atoms with Crippen molar-refractivity contribution in [2.45, 2.75) is 83.5 Å². The standard InChI is InChI=1S/C28H38N2O3/c1-3-24(4-2)29-18-20-7-8-23-17-25(12-9-22(23)16-20)30-28(31)21-10-13-26(14-11-21)33-19-27-6-5-15-32-27/h7-8,10-11,13-14,16,24-25,27,29H,3-6,9,12,15,17-19H2,1-2H3,(H,30,31)/t25-,27-/m0/s1. The molecule has 2 aromatic carbocycles. The second kappa shape index (κ2) is 11.7. The largest absolute Gasteiger partial charge is 0.491 e. The topological polar surface area (TPSA) is 59.6 Å². The number of aryl methyl sites for hydroxylation is 1. The molecule has 2 aliphatic rings. The summed E-state index contributed by atoms with van der Waals surface area (Å²) in [6, 6.07) is 15.0. The Balaban J connectivity index is 1.26. The highest BCUT2D eigenvalue weighted by Gasteiger charge is 2.21. The molecule has 1 aliphatic heterocycles. The zero-order chi connectivity index (χ0) is 23.0. The molecule has 33 heavy (non-hydrogen) atoms. The van der Waals surface area contributed by atoms with Gasteiger partial charge < -0.3 is 20.1 Å². The van der Waals surface area contributed by atoms with Gasteiger partial charge in [-0.25, -0.2) is 0 Å². The van der Waals surface area contributed by atoms with Gasteiger partial charge in [-0.3, -0.25) is 4.79 Å². The van der Waals surface area contributed by atoms with Crippen LogP contribution in [0.1, 0.15) is 73.0 Å². The third kappa shape index (κ3) is 6.58. The van der Waals surface area contributed by atoms with Crippen molar-refractivity contribution < 1.29 is 14.3 Å². The van der Waals surface area contributed by atoms with E-state index < -0.39 is 0 Å². The molecule has 2 N–H and O–H groups in total. The van der Waals surface area contributed by atoms with Crippen LogP contribution >= 0.6 is 0 Å². The first-order chi connectivity index (χ1) is 16.1. The molecule has 0 radical (unpaired) electrons. The summed E-state index contributed by atoms with van der Waals surface area (Å²) in [5, 5.41) is 6.88. The Morgan fingerprint density at radius 2 is 1.91 bits per heavy atom. The van der Waals surface area contributed by atoms with Crippen molar-refractivity contribution in [2.75, 3.05) is 13.2 Å². The van der Waals surface area contributed by atoms with Crippen LogP contribution in [0.2, 0.25) is 0 Å². The second-order valence-electron chi connectivity index (χ2n) is 9.38. The highest BCUT2D eigenvalue weighted by Crippen LogP contribution is 2.24. The van der Waals surface area contributed by atoms with Crippen LogP contribution < -0.4 is 15.4 Å². The predicted molar refractivity (Wildman–Crippen MR) is 132 cm³/mol. The van der Waals surface area contributed by atoms with E-state index in [2.05, 4.69) is 42.7 Å². The minimum Gasteiger partial charge on any atom is -0.491 e. The summed E-state index contributed by atoms with van der Waals surface area (Å²) in [4.78, 5) is 12.8. The van der Waals surface area contributed by atoms with Gasteiger partial charge in [0.05, 0.1) is 6.10 Å². The summed E-state index contributed by atoms with van der Waals surface area (Å²) in [5.74, 6) is 0.767. The summed E-state index contributed by atoms with van der Waals surface area (Å²) in [7, 11) is 0. The maximum Gasteiger partial charge on any atom is 0.251 e. The Kier molecular flexibility index (Phi) is 8.40. The van der Waals surface area contributed by atoms with E-state index in [9.17, 15) is 4.79 Å². The zero-order valence-electron chi connectivity index (χ0n) is 20.1. The van der Waals surface area contributed by atoms with Gasteiger partial charge in [0.25, 0.3) is 5.91 Å². The van der Waals surface area contributed by atoms with Crippen LogP contribution in [0.15, 0.2) is 42.5 Å².